The number of hydrogen-bond donors (Lipinski definition) is 8. The Kier molecular flexibility index (Phi) is 29.8. The maximum Gasteiger partial charge on any atom is 0.263 e. The van der Waals surface area contributed by atoms with Crippen LogP contribution in [0, 0.1) is 29.6 Å². The van der Waals surface area contributed by atoms with Crippen LogP contribution < -0.4 is 43.7 Å². The molecule has 116 heavy (non-hydrogen) atoms. The van der Waals surface area contributed by atoms with E-state index in [9.17, 15) is 49.5 Å². The number of rotatable bonds is 25. The van der Waals surface area contributed by atoms with Crippen LogP contribution in [0.15, 0.2) is 54.3 Å². The van der Waals surface area contributed by atoms with Crippen LogP contribution >= 0.6 is 116 Å². The molecule has 0 atom stereocenters. The lowest BCUT2D eigenvalue weighted by molar-refractivity contribution is 0.178. The molecule has 5 aromatic heterocycles. The molecule has 5 heterocycles. The van der Waals surface area contributed by atoms with Crippen LogP contribution in [0.1, 0.15) is 153 Å². The summed E-state index contributed by atoms with van der Waals surface area (Å²) in [6.07, 6.45) is 18.5. The Morgan fingerprint density at radius 2 is 0.638 bits per heavy atom. The van der Waals surface area contributed by atoms with Gasteiger partial charge in [-0.15, -0.1) is 0 Å². The molecule has 6 saturated carbocycles. The van der Waals surface area contributed by atoms with Gasteiger partial charge in [0.15, 0.2) is 28.7 Å². The molecule has 25 nitrogen and oxygen atoms in total. The summed E-state index contributed by atoms with van der Waals surface area (Å²) >= 11 is 60.8. The monoisotopic (exact) mass is 1790 g/mol. The van der Waals surface area contributed by atoms with E-state index in [4.69, 9.17) is 116 Å². The number of aromatic hydroxyl groups is 5. The van der Waals surface area contributed by atoms with Gasteiger partial charge in [0.1, 0.15) is 56.7 Å². The molecule has 0 aliphatic heterocycles. The second-order valence-electron chi connectivity index (χ2n) is 31.0. The predicted octanol–water partition coefficient (Wildman–Crippen LogP) is 16.6. The highest BCUT2D eigenvalue weighted by molar-refractivity contribution is 6.42. The third-order valence-corrected chi connectivity index (χ3v) is 24.7. The highest BCUT2D eigenvalue weighted by Crippen LogP contribution is 2.43. The molecule has 0 bridgehead atoms. The van der Waals surface area contributed by atoms with Crippen molar-refractivity contribution < 1.29 is 25.5 Å². The first-order valence-electron chi connectivity index (χ1n) is 39.4. The van der Waals surface area contributed by atoms with E-state index in [1.807, 2.05) is 20.9 Å². The van der Waals surface area contributed by atoms with Crippen LogP contribution in [-0.2, 0) is 65.4 Å². The van der Waals surface area contributed by atoms with Gasteiger partial charge in [-0.25, -0.2) is 24.9 Å². The predicted molar refractivity (Wildman–Crippen MR) is 465 cm³/mol. The van der Waals surface area contributed by atoms with Crippen LogP contribution in [-0.4, -0.2) is 130 Å². The van der Waals surface area contributed by atoms with Gasteiger partial charge in [-0.1, -0.05) is 156 Å². The van der Waals surface area contributed by atoms with Gasteiger partial charge in [0.2, 0.25) is 0 Å². The van der Waals surface area contributed by atoms with Gasteiger partial charge in [-0.05, 0) is 184 Å². The van der Waals surface area contributed by atoms with E-state index in [1.54, 1.807) is 29.9 Å². The fourth-order valence-corrected chi connectivity index (χ4v) is 16.8. The number of nitrogens with one attached hydrogen (secondary N) is 3. The first kappa shape index (κ1) is 88.8. The molecule has 6 aliphatic rings. The minimum Gasteiger partial charge on any atom is -0.504 e. The molecule has 0 unspecified atom stereocenters. The zero-order chi connectivity index (χ0) is 83.4. The number of aromatic nitrogens is 10. The number of benzene rings is 5. The molecule has 0 amide bonds. The summed E-state index contributed by atoms with van der Waals surface area (Å²) in [5.41, 5.74) is -0.168. The van der Waals surface area contributed by atoms with Gasteiger partial charge < -0.3 is 41.5 Å². The first-order valence-corrected chi connectivity index (χ1v) is 43.2. The highest BCUT2D eigenvalue weighted by Gasteiger charge is 2.33. The van der Waals surface area contributed by atoms with Gasteiger partial charge in [-0.2, -0.15) is 0 Å². The van der Waals surface area contributed by atoms with Crippen molar-refractivity contribution in [2.24, 2.45) is 29.6 Å². The van der Waals surface area contributed by atoms with E-state index in [1.165, 1.54) is 62.4 Å². The Morgan fingerprint density at radius 3 is 0.905 bits per heavy atom. The Hall–Kier alpha value is -6.50. The van der Waals surface area contributed by atoms with Crippen molar-refractivity contribution in [3.05, 3.63) is 161 Å². The van der Waals surface area contributed by atoms with E-state index in [2.05, 4.69) is 64.6 Å². The van der Waals surface area contributed by atoms with Crippen molar-refractivity contribution in [2.45, 2.75) is 195 Å². The van der Waals surface area contributed by atoms with Gasteiger partial charge in [-0.3, -0.25) is 56.6 Å². The molecule has 10 aromatic rings. The molecule has 0 saturated heterocycles. The largest absolute Gasteiger partial charge is 0.504 e. The van der Waals surface area contributed by atoms with Crippen molar-refractivity contribution in [3.63, 3.8) is 0 Å². The summed E-state index contributed by atoms with van der Waals surface area (Å²) in [7, 11) is 5.84. The smallest absolute Gasteiger partial charge is 0.263 e. The SMILES string of the molecule is CCCNCc1nc2c(O)c(Cl)cc(Cl)c2c(=O)n1CC1CC1.CCN(C)Cc1nc2c(O)c(Cl)cc(Cl)c2c(=O)n1CC1CC1.CCNCc1nc2c(O)c(Cl)cc(Cl)c2c(=O)n1CC1CC1.CN(Cc1nc2c(O)c(Cl)cc(Cl)c2c(=O)n1CC1CC1)C1CCCCC1.CNCc1nc2c(O)c(Cl)cc(Cl)c2c(=O)n1CC1CC1. The Morgan fingerprint density at radius 1 is 0.371 bits per heavy atom. The van der Waals surface area contributed by atoms with Gasteiger partial charge in [0.05, 0.1) is 110 Å². The summed E-state index contributed by atoms with van der Waals surface area (Å²) in [6, 6.07) is 7.47. The second kappa shape index (κ2) is 38.9. The molecule has 5 aromatic carbocycles. The first-order chi connectivity index (χ1) is 55.4. The van der Waals surface area contributed by atoms with E-state index in [0.717, 1.165) is 90.3 Å². The topological polar surface area (TPSA) is 318 Å². The van der Waals surface area contributed by atoms with E-state index in [-0.39, 0.29) is 161 Å². The van der Waals surface area contributed by atoms with Gasteiger partial charge in [0, 0.05) is 38.8 Å². The van der Waals surface area contributed by atoms with Gasteiger partial charge in [0.25, 0.3) is 27.8 Å². The van der Waals surface area contributed by atoms with Crippen molar-refractivity contribution in [1.29, 1.82) is 0 Å². The number of phenols is 5. The quantitative estimate of drug-likeness (QED) is 0.0247. The maximum atomic E-state index is 13.2. The summed E-state index contributed by atoms with van der Waals surface area (Å²) in [4.78, 5) is 91.5. The second-order valence-corrected chi connectivity index (χ2v) is 35.1. The lowest BCUT2D eigenvalue weighted by Crippen LogP contribution is -2.36. The van der Waals surface area contributed by atoms with Crippen LogP contribution in [0.5, 0.6) is 28.7 Å². The Labute approximate surface area is 719 Å². The number of halogens is 10. The summed E-state index contributed by atoms with van der Waals surface area (Å²) in [6.45, 7) is 14.2. The third kappa shape index (κ3) is 20.7. The third-order valence-electron chi connectivity index (χ3n) is 21.8. The molecule has 8 N–H and O–H groups in total. The average Bonchev–Trinajstić information content (AvgIpc) is 0.928. The van der Waals surface area contributed by atoms with Crippen molar-refractivity contribution in [1.82, 2.24) is 73.5 Å². The molecule has 0 spiro atoms. The average molecular weight is 1790 g/mol. The number of hydrogen-bond acceptors (Lipinski definition) is 20. The summed E-state index contributed by atoms with van der Waals surface area (Å²) < 4.78 is 8.46. The zero-order valence-electron chi connectivity index (χ0n) is 65.3. The van der Waals surface area contributed by atoms with E-state index in [0.29, 0.717) is 130 Å². The Balaban J connectivity index is 0.000000134. The van der Waals surface area contributed by atoms with E-state index < -0.39 is 0 Å². The van der Waals surface area contributed by atoms with Crippen molar-refractivity contribution in [3.8, 4) is 28.7 Å². The van der Waals surface area contributed by atoms with Crippen molar-refractivity contribution >= 4 is 171 Å². The minimum atomic E-state index is -0.228. The lowest BCUT2D eigenvalue weighted by atomic mass is 9.94. The highest BCUT2D eigenvalue weighted by atomic mass is 35.5. The zero-order valence-corrected chi connectivity index (χ0v) is 72.8. The van der Waals surface area contributed by atoms with Crippen LogP contribution in [0.4, 0.5) is 0 Å². The summed E-state index contributed by atoms with van der Waals surface area (Å²) in [5.74, 6) is 4.76. The normalized spacial score (nSPS) is 15.6. The van der Waals surface area contributed by atoms with E-state index >= 15 is 0 Å². The fraction of sp³-hybridized carbons (Fsp3) is 0.506. The number of phenolic OH excluding ortho intramolecular Hbond substituents is 5. The number of fused-ring (bicyclic) bond motifs is 5. The summed E-state index contributed by atoms with van der Waals surface area (Å²) in [5, 5.41) is 63.1. The molecule has 35 heteroatoms. The lowest BCUT2D eigenvalue weighted by Gasteiger charge is -2.31. The maximum absolute atomic E-state index is 13.2. The number of nitrogens with zero attached hydrogens (tertiary/aromatic N) is 12. The van der Waals surface area contributed by atoms with Crippen LogP contribution in [0.25, 0.3) is 54.5 Å². The molecule has 6 fully saturated rings. The van der Waals surface area contributed by atoms with Crippen LogP contribution in [0.3, 0.4) is 0 Å². The van der Waals surface area contributed by atoms with Crippen LogP contribution in [0.2, 0.25) is 50.2 Å². The molecular weight excluding hydrogens is 1700 g/mol. The minimum absolute atomic E-state index is 0.0924. The van der Waals surface area contributed by atoms with Gasteiger partial charge >= 0.3 is 0 Å². The molecule has 16 rings (SSSR count). The fourth-order valence-electron chi connectivity index (χ4n) is 14.1. The Bertz CT molecular complexity index is 5680. The standard InChI is InChI=1S/C20H25Cl2N3O2.2C16H19Cl2N3O2.C15H17Cl2N3O2.C14H15Cl2N3O2/c1-24(13-5-3-2-4-6-13)11-16-23-18-17(14(21)9-15(22)19(18)26)20(27)25(16)10-12-7-8-12;1-3-20(2)8-12-19-14-13(10(17)6-11(18)15(14)22)16(23)21(12)7-9-4-5-9;1-2-5-19-7-12-20-14-13(10(17)6-11(18)15(14)22)16(23)21(12)8-9-3-4-9;1-2-18-6-11-19-13-12(9(16)5-10(17)14(13)21)15(22)20(11)7-8-3-4-8;1-17-5-10-18-12-11(8(15)4-9(16)13(12)20)14(21)19(10)6-7-2-3-7/h9,12-13,26H,2-8,10-11H2,1H3;6,9,22H,3-5,7-8H2,1-2H3;6,9,19,22H,2-5,7-8H2,1H3;5,8,18,21H,2-4,6-7H2,1H3;4,7,17,20H,2-3,5-6H2,1H3. The molecule has 6 aliphatic carbocycles. The van der Waals surface area contributed by atoms with Crippen molar-refractivity contribution in [2.75, 3.05) is 40.8 Å². The molecule has 0 radical (unpaired) electrons. The molecule has 624 valence electrons. The molecular formula is C81H95Cl10N15O10.